The highest BCUT2D eigenvalue weighted by Gasteiger charge is 2.28. The van der Waals surface area contributed by atoms with Crippen LogP contribution in [-0.4, -0.2) is 30.6 Å². The zero-order valence-electron chi connectivity index (χ0n) is 6.30. The molecule has 1 saturated carbocycles. The van der Waals surface area contributed by atoms with Crippen LogP contribution in [0.25, 0.3) is 0 Å². The Balaban J connectivity index is 2.22. The van der Waals surface area contributed by atoms with E-state index < -0.39 is 0 Å². The number of nitrogens with two attached hydrogens (primary N) is 1. The Bertz CT molecular complexity index is 88.9. The van der Waals surface area contributed by atoms with E-state index in [1.165, 1.54) is 12.8 Å². The van der Waals surface area contributed by atoms with E-state index in [0.717, 1.165) is 12.6 Å². The summed E-state index contributed by atoms with van der Waals surface area (Å²) in [7, 11) is 2.16. The lowest BCUT2D eigenvalue weighted by atomic mass is 10.3. The van der Waals surface area contributed by atoms with Crippen molar-refractivity contribution in [3.63, 3.8) is 0 Å². The van der Waals surface area contributed by atoms with Crippen LogP contribution in [-0.2, 0) is 0 Å². The second-order valence-corrected chi connectivity index (χ2v) is 2.98. The van der Waals surface area contributed by atoms with Crippen molar-refractivity contribution in [1.29, 1.82) is 0 Å². The minimum atomic E-state index is 0.567. The van der Waals surface area contributed by atoms with Gasteiger partial charge < -0.3 is 5.73 Å². The number of likely N-dealkylation sites (N-methyl/N-ethyl adjacent to an activating group) is 1. The first-order valence-corrected chi connectivity index (χ1v) is 3.67. The van der Waals surface area contributed by atoms with Crippen molar-refractivity contribution < 1.29 is 0 Å². The first kappa shape index (κ1) is 7.03. The average molecular weight is 128 g/mol. The van der Waals surface area contributed by atoms with Gasteiger partial charge in [0.15, 0.2) is 0 Å². The van der Waals surface area contributed by atoms with Gasteiger partial charge >= 0.3 is 0 Å². The summed E-state index contributed by atoms with van der Waals surface area (Å²) in [6.07, 6.45) is 2.75. The van der Waals surface area contributed by atoms with Crippen LogP contribution in [0.15, 0.2) is 0 Å². The summed E-state index contributed by atoms with van der Waals surface area (Å²) in [5, 5.41) is 0. The quantitative estimate of drug-likeness (QED) is 0.597. The van der Waals surface area contributed by atoms with Crippen molar-refractivity contribution in [3.8, 4) is 0 Å². The topological polar surface area (TPSA) is 29.3 Å². The fraction of sp³-hybridized carbons (Fsp3) is 1.00. The van der Waals surface area contributed by atoms with Gasteiger partial charge in [0.2, 0.25) is 0 Å². The van der Waals surface area contributed by atoms with E-state index in [2.05, 4.69) is 18.9 Å². The third kappa shape index (κ3) is 1.66. The lowest BCUT2D eigenvalue weighted by molar-refractivity contribution is 0.253. The van der Waals surface area contributed by atoms with Crippen molar-refractivity contribution in [2.24, 2.45) is 5.73 Å². The molecule has 2 nitrogen and oxygen atoms in total. The molecule has 0 aromatic carbocycles. The second-order valence-electron chi connectivity index (χ2n) is 2.98. The molecule has 0 saturated heterocycles. The first-order chi connectivity index (χ1) is 4.25. The summed E-state index contributed by atoms with van der Waals surface area (Å²) in [5.41, 5.74) is 5.50. The number of hydrogen-bond donors (Lipinski definition) is 1. The summed E-state index contributed by atoms with van der Waals surface area (Å²) in [6.45, 7) is 2.96. The smallest absolute Gasteiger partial charge is 0.0190 e. The van der Waals surface area contributed by atoms with E-state index in [9.17, 15) is 0 Å². The predicted octanol–water partition coefficient (Wildman–Crippen LogP) is 0.428. The van der Waals surface area contributed by atoms with Crippen LogP contribution >= 0.6 is 0 Å². The molecule has 0 aromatic heterocycles. The number of nitrogens with zero attached hydrogens (tertiary/aromatic N) is 1. The molecule has 0 radical (unpaired) electrons. The fourth-order valence-corrected chi connectivity index (χ4v) is 1.01. The van der Waals surface area contributed by atoms with Gasteiger partial charge in [0, 0.05) is 18.6 Å². The van der Waals surface area contributed by atoms with E-state index in [4.69, 9.17) is 5.73 Å². The molecule has 0 bridgehead atoms. The standard InChI is InChI=1S/C7H16N2/c1-6(5-8)9(2)7-3-4-7/h6-7H,3-5,8H2,1-2H3/t6-/m1/s1. The zero-order valence-corrected chi connectivity index (χ0v) is 6.30. The van der Waals surface area contributed by atoms with E-state index in [1.807, 2.05) is 0 Å². The molecule has 1 aliphatic carbocycles. The van der Waals surface area contributed by atoms with Crippen LogP contribution in [0, 0.1) is 0 Å². The maximum absolute atomic E-state index is 5.50. The molecule has 0 amide bonds. The summed E-state index contributed by atoms with van der Waals surface area (Å²) < 4.78 is 0. The van der Waals surface area contributed by atoms with Gasteiger partial charge in [0.05, 0.1) is 0 Å². The van der Waals surface area contributed by atoms with Crippen molar-refractivity contribution in [2.45, 2.75) is 31.8 Å². The summed E-state index contributed by atoms with van der Waals surface area (Å²) in [4.78, 5) is 2.38. The van der Waals surface area contributed by atoms with Crippen LogP contribution in [0.2, 0.25) is 0 Å². The molecule has 2 N–H and O–H groups in total. The van der Waals surface area contributed by atoms with Crippen molar-refractivity contribution in [1.82, 2.24) is 4.90 Å². The molecule has 1 aliphatic rings. The van der Waals surface area contributed by atoms with Crippen LogP contribution in [0.4, 0.5) is 0 Å². The van der Waals surface area contributed by atoms with Crippen molar-refractivity contribution in [3.05, 3.63) is 0 Å². The third-order valence-corrected chi connectivity index (χ3v) is 2.16. The Morgan fingerprint density at radius 1 is 1.67 bits per heavy atom. The molecule has 0 aromatic rings. The summed E-state index contributed by atoms with van der Waals surface area (Å²) in [5.74, 6) is 0. The normalized spacial score (nSPS) is 22.7. The monoisotopic (exact) mass is 128 g/mol. The van der Waals surface area contributed by atoms with Gasteiger partial charge in [-0.1, -0.05) is 0 Å². The highest BCUT2D eigenvalue weighted by atomic mass is 15.2. The third-order valence-electron chi connectivity index (χ3n) is 2.16. The number of rotatable bonds is 3. The van der Waals surface area contributed by atoms with Gasteiger partial charge in [-0.15, -0.1) is 0 Å². The SMILES string of the molecule is C[C@H](CN)N(C)C1CC1. The molecule has 9 heavy (non-hydrogen) atoms. The second kappa shape index (κ2) is 2.67. The molecule has 54 valence electrons. The van der Waals surface area contributed by atoms with Gasteiger partial charge in [-0.3, -0.25) is 4.90 Å². The molecule has 0 unspecified atom stereocenters. The van der Waals surface area contributed by atoms with Crippen LogP contribution in [0.3, 0.4) is 0 Å². The van der Waals surface area contributed by atoms with Crippen LogP contribution in [0.1, 0.15) is 19.8 Å². The van der Waals surface area contributed by atoms with E-state index in [0.29, 0.717) is 6.04 Å². The maximum Gasteiger partial charge on any atom is 0.0190 e. The fourth-order valence-electron chi connectivity index (χ4n) is 1.01. The Hall–Kier alpha value is -0.0800. The van der Waals surface area contributed by atoms with Crippen molar-refractivity contribution in [2.75, 3.05) is 13.6 Å². The molecule has 0 aliphatic heterocycles. The molecular weight excluding hydrogens is 112 g/mol. The van der Waals surface area contributed by atoms with E-state index in [-0.39, 0.29) is 0 Å². The minimum Gasteiger partial charge on any atom is -0.329 e. The molecule has 0 spiro atoms. The summed E-state index contributed by atoms with van der Waals surface area (Å²) in [6, 6.07) is 1.42. The van der Waals surface area contributed by atoms with Gasteiger partial charge in [0.1, 0.15) is 0 Å². The van der Waals surface area contributed by atoms with Gasteiger partial charge in [-0.2, -0.15) is 0 Å². The molecule has 1 rings (SSSR count). The molecule has 1 atom stereocenters. The van der Waals surface area contributed by atoms with E-state index in [1.54, 1.807) is 0 Å². The lowest BCUT2D eigenvalue weighted by Gasteiger charge is -2.22. The lowest BCUT2D eigenvalue weighted by Crippen LogP contribution is -2.36. The highest BCUT2D eigenvalue weighted by Crippen LogP contribution is 2.26. The minimum absolute atomic E-state index is 0.567. The maximum atomic E-state index is 5.50. The van der Waals surface area contributed by atoms with Crippen LogP contribution < -0.4 is 5.73 Å². The van der Waals surface area contributed by atoms with E-state index >= 15 is 0 Å². The Morgan fingerprint density at radius 2 is 2.22 bits per heavy atom. The summed E-state index contributed by atoms with van der Waals surface area (Å²) >= 11 is 0. The average Bonchev–Trinajstić information content (AvgIpc) is 2.66. The largest absolute Gasteiger partial charge is 0.329 e. The van der Waals surface area contributed by atoms with Gasteiger partial charge in [-0.25, -0.2) is 0 Å². The number of hydrogen-bond acceptors (Lipinski definition) is 2. The molecule has 0 heterocycles. The highest BCUT2D eigenvalue weighted by molar-refractivity contribution is 4.85. The zero-order chi connectivity index (χ0) is 6.85. The van der Waals surface area contributed by atoms with Crippen LogP contribution in [0.5, 0.6) is 0 Å². The Labute approximate surface area is 57.0 Å². The van der Waals surface area contributed by atoms with Crippen molar-refractivity contribution >= 4 is 0 Å². The van der Waals surface area contributed by atoms with Gasteiger partial charge in [-0.05, 0) is 26.8 Å². The molecular formula is C7H16N2. The Morgan fingerprint density at radius 3 is 2.56 bits per heavy atom. The predicted molar refractivity (Wildman–Crippen MR) is 39.3 cm³/mol. The first-order valence-electron chi connectivity index (χ1n) is 3.67. The molecule has 1 fully saturated rings. The van der Waals surface area contributed by atoms with Gasteiger partial charge in [0.25, 0.3) is 0 Å². The Kier molecular flexibility index (Phi) is 2.09. The molecule has 2 heteroatoms.